The molecule has 1 amide bonds. The number of ether oxygens (including phenoxy) is 4. The number of rotatable bonds is 12. The molecule has 2 saturated heterocycles. The highest BCUT2D eigenvalue weighted by Gasteiger charge is 2.46. The van der Waals surface area contributed by atoms with Gasteiger partial charge in [0.2, 0.25) is 0 Å². The number of anilines is 1. The quantitative estimate of drug-likeness (QED) is 0.0841. The number of piperazine rings is 1. The number of amides is 1. The minimum atomic E-state index is -2.12. The molecule has 1 saturated carbocycles. The van der Waals surface area contributed by atoms with Crippen molar-refractivity contribution in [3.8, 4) is 34.5 Å². The van der Waals surface area contributed by atoms with Gasteiger partial charge in [-0.15, -0.1) is 5.54 Å². The molecular weight excluding hydrogens is 766 g/mol. The molecule has 7 rings (SSSR count). The van der Waals surface area contributed by atoms with Gasteiger partial charge in [-0.3, -0.25) is 9.88 Å². The number of hydrogen-bond acceptors (Lipinski definition) is 10. The van der Waals surface area contributed by atoms with Crippen LogP contribution in [0.5, 0.6) is 11.8 Å². The Morgan fingerprint density at radius 1 is 1.02 bits per heavy atom. The van der Waals surface area contributed by atoms with E-state index in [-0.39, 0.29) is 60.8 Å². The van der Waals surface area contributed by atoms with Crippen LogP contribution in [-0.4, -0.2) is 97.0 Å². The number of aliphatic hydroxyl groups excluding tert-OH is 1. The first-order chi connectivity index (χ1) is 28.0. The summed E-state index contributed by atoms with van der Waals surface area (Å²) in [7, 11) is -0.563. The van der Waals surface area contributed by atoms with Gasteiger partial charge in [0.1, 0.15) is 36.5 Å². The Labute approximate surface area is 349 Å². The molecule has 2 unspecified atom stereocenters. The summed E-state index contributed by atoms with van der Waals surface area (Å²) in [4.78, 5) is 31.7. The first-order valence-electron chi connectivity index (χ1n) is 21.1. The lowest BCUT2D eigenvalue weighted by atomic mass is 9.96. The van der Waals surface area contributed by atoms with E-state index in [1.807, 2.05) is 49.9 Å². The molecule has 2 aliphatic heterocycles. The number of carbonyl (C=O) groups is 1. The Bertz CT molecular complexity index is 2240. The summed E-state index contributed by atoms with van der Waals surface area (Å²) >= 11 is 0. The third kappa shape index (κ3) is 8.33. The summed E-state index contributed by atoms with van der Waals surface area (Å²) in [6.07, 6.45) is 4.61. The second-order valence-electron chi connectivity index (χ2n) is 18.7. The van der Waals surface area contributed by atoms with Crippen LogP contribution in [0.2, 0.25) is 16.6 Å². The highest BCUT2D eigenvalue weighted by atomic mass is 28.3. The minimum absolute atomic E-state index is 0.0130. The number of carbonyl (C=O) groups excluding carboxylic acids is 1. The van der Waals surface area contributed by atoms with Crippen molar-refractivity contribution in [2.24, 2.45) is 5.41 Å². The lowest BCUT2D eigenvalue weighted by Crippen LogP contribution is -2.57. The van der Waals surface area contributed by atoms with Gasteiger partial charge in [-0.2, -0.15) is 9.97 Å². The summed E-state index contributed by atoms with van der Waals surface area (Å²) in [5.74, 6) is 3.99. The summed E-state index contributed by atoms with van der Waals surface area (Å²) in [5.41, 5.74) is 5.68. The Balaban J connectivity index is 1.38. The smallest absolute Gasteiger partial charge is 0.410 e. The fraction of sp³-hybridized carbons (Fsp3) is 0.565. The summed E-state index contributed by atoms with van der Waals surface area (Å²) in [6, 6.07) is 9.48. The predicted octanol–water partition coefficient (Wildman–Crippen LogP) is 9.28. The Morgan fingerprint density at radius 2 is 1.69 bits per heavy atom. The zero-order chi connectivity index (χ0) is 42.4. The Morgan fingerprint density at radius 3 is 2.29 bits per heavy atom. The number of pyridine rings is 1. The molecule has 13 heteroatoms. The molecule has 59 heavy (non-hydrogen) atoms. The van der Waals surface area contributed by atoms with Crippen LogP contribution in [0.3, 0.4) is 0 Å². The molecule has 4 aromatic rings. The van der Waals surface area contributed by atoms with Crippen molar-refractivity contribution in [3.63, 3.8) is 0 Å². The Kier molecular flexibility index (Phi) is 11.9. The summed E-state index contributed by atoms with van der Waals surface area (Å²) < 4.78 is 40.8. The van der Waals surface area contributed by atoms with Crippen LogP contribution < -0.4 is 14.4 Å². The molecule has 3 fully saturated rings. The average molecular weight is 826 g/mol. The van der Waals surface area contributed by atoms with E-state index in [0.717, 1.165) is 42.0 Å². The van der Waals surface area contributed by atoms with E-state index in [4.69, 9.17) is 33.9 Å². The van der Waals surface area contributed by atoms with Crippen molar-refractivity contribution in [1.82, 2.24) is 19.9 Å². The van der Waals surface area contributed by atoms with Gasteiger partial charge in [0.15, 0.2) is 12.6 Å². The van der Waals surface area contributed by atoms with E-state index in [1.165, 1.54) is 0 Å². The van der Waals surface area contributed by atoms with Gasteiger partial charge in [0, 0.05) is 48.3 Å². The first kappa shape index (κ1) is 42.6. The van der Waals surface area contributed by atoms with E-state index in [0.29, 0.717) is 52.2 Å². The van der Waals surface area contributed by atoms with Crippen molar-refractivity contribution in [2.45, 2.75) is 122 Å². The maximum absolute atomic E-state index is 17.6. The number of fused-ring (bicyclic) bond motifs is 4. The topological polar surface area (TPSA) is 119 Å². The molecule has 3 aliphatic rings. The lowest BCUT2D eigenvalue weighted by molar-refractivity contribution is 0.0122. The van der Waals surface area contributed by atoms with E-state index < -0.39 is 19.5 Å². The molecular formula is C46H60FN5O6Si. The van der Waals surface area contributed by atoms with Crippen molar-refractivity contribution in [1.29, 1.82) is 0 Å². The minimum Gasteiger partial charge on any atom is -0.468 e. The monoisotopic (exact) mass is 825 g/mol. The highest BCUT2D eigenvalue weighted by Crippen LogP contribution is 2.46. The number of nitrogens with zero attached hydrogens (tertiary/aromatic N) is 5. The standard InChI is InChI=1S/C46H60FN5O6Si/c1-28(2)59(29(3)4,30(5)6)19-16-31-12-11-13-32-20-35(57-27-55-10)21-36(38(31)32)40-39(47)41-37(22-48-40)42(50-43(49-41)56-26-46(25-53)17-18-46)51-23-33-14-15-34(24-51)52(33)44(54)58-45(7,8)9/h11-13,20-22,28-30,33-34,53H,14-15,17-18,23-27H2,1-10H3. The summed E-state index contributed by atoms with van der Waals surface area (Å²) in [5, 5.41) is 12.1. The van der Waals surface area contributed by atoms with Gasteiger partial charge >= 0.3 is 12.1 Å². The van der Waals surface area contributed by atoms with Crippen LogP contribution >= 0.6 is 0 Å². The fourth-order valence-electron chi connectivity index (χ4n) is 9.46. The number of aromatic nitrogens is 3. The average Bonchev–Trinajstić information content (AvgIpc) is 3.91. The van der Waals surface area contributed by atoms with Gasteiger partial charge in [0.05, 0.1) is 30.7 Å². The molecule has 2 aromatic heterocycles. The van der Waals surface area contributed by atoms with Crippen LogP contribution in [0.4, 0.5) is 15.0 Å². The molecule has 1 aliphatic carbocycles. The van der Waals surface area contributed by atoms with Crippen molar-refractivity contribution in [2.75, 3.05) is 45.1 Å². The van der Waals surface area contributed by atoms with Gasteiger partial charge in [-0.05, 0) is 86.7 Å². The number of halogens is 1. The van der Waals surface area contributed by atoms with E-state index in [1.54, 1.807) is 19.4 Å². The molecule has 0 radical (unpaired) electrons. The second kappa shape index (κ2) is 16.5. The van der Waals surface area contributed by atoms with Gasteiger partial charge in [-0.25, -0.2) is 9.18 Å². The summed E-state index contributed by atoms with van der Waals surface area (Å²) in [6.45, 7) is 20.5. The maximum Gasteiger partial charge on any atom is 0.410 e. The molecule has 2 aromatic carbocycles. The van der Waals surface area contributed by atoms with Crippen LogP contribution in [0.1, 0.15) is 93.6 Å². The first-order valence-corrected chi connectivity index (χ1v) is 23.3. The van der Waals surface area contributed by atoms with Crippen LogP contribution in [0, 0.1) is 22.7 Å². The van der Waals surface area contributed by atoms with Crippen LogP contribution in [0.15, 0.2) is 36.5 Å². The third-order valence-corrected chi connectivity index (χ3v) is 18.9. The van der Waals surface area contributed by atoms with Gasteiger partial charge in [-0.1, -0.05) is 59.6 Å². The van der Waals surface area contributed by atoms with E-state index in [9.17, 15) is 9.90 Å². The normalized spacial score (nSPS) is 18.8. The van der Waals surface area contributed by atoms with Gasteiger partial charge < -0.3 is 29.0 Å². The zero-order valence-electron chi connectivity index (χ0n) is 36.3. The SMILES string of the molecule is COCOc1cc(-c2ncc3c(N4CC5CCC(C4)N5C(=O)OC(C)(C)C)nc(OCC4(CO)CC4)nc3c2F)c2c(C#C[Si](C(C)C)(C(C)C)C(C)C)cccc2c1. The number of benzene rings is 2. The van der Waals surface area contributed by atoms with Crippen molar-refractivity contribution >= 4 is 41.7 Å². The molecule has 2 atom stereocenters. The third-order valence-electron chi connectivity index (χ3n) is 12.7. The molecule has 4 heterocycles. The second-order valence-corrected chi connectivity index (χ2v) is 24.3. The van der Waals surface area contributed by atoms with Crippen molar-refractivity contribution in [3.05, 3.63) is 47.9 Å². The fourth-order valence-corrected chi connectivity index (χ4v) is 14.7. The Hall–Kier alpha value is -4.51. The molecule has 1 N–H and O–H groups in total. The van der Waals surface area contributed by atoms with E-state index in [2.05, 4.69) is 57.9 Å². The maximum atomic E-state index is 17.6. The van der Waals surface area contributed by atoms with Gasteiger partial charge in [0.25, 0.3) is 0 Å². The van der Waals surface area contributed by atoms with Crippen LogP contribution in [-0.2, 0) is 9.47 Å². The number of aliphatic hydroxyl groups is 1. The number of methoxy groups -OCH3 is 1. The molecule has 11 nitrogen and oxygen atoms in total. The molecule has 2 bridgehead atoms. The van der Waals surface area contributed by atoms with Crippen molar-refractivity contribution < 1.29 is 33.2 Å². The zero-order valence-corrected chi connectivity index (χ0v) is 37.3. The molecule has 0 spiro atoms. The molecule has 316 valence electrons. The number of hydrogen-bond donors (Lipinski definition) is 1. The highest BCUT2D eigenvalue weighted by molar-refractivity contribution is 6.90. The van der Waals surface area contributed by atoms with Crippen LogP contribution in [0.25, 0.3) is 32.9 Å². The largest absolute Gasteiger partial charge is 0.468 e. The lowest BCUT2D eigenvalue weighted by Gasteiger charge is -2.42. The van der Waals surface area contributed by atoms with E-state index >= 15 is 4.39 Å². The predicted molar refractivity (Wildman–Crippen MR) is 232 cm³/mol.